The van der Waals surface area contributed by atoms with Crippen molar-refractivity contribution in [2.75, 3.05) is 6.61 Å². The fourth-order valence-electron chi connectivity index (χ4n) is 0.454. The van der Waals surface area contributed by atoms with E-state index in [1.807, 2.05) is 0 Å². The molecule has 0 saturated heterocycles. The molecule has 2 nitrogen and oxygen atoms in total. The third-order valence-corrected chi connectivity index (χ3v) is 1.18. The molecule has 0 N–H and O–H groups in total. The van der Waals surface area contributed by atoms with Gasteiger partial charge in [0.1, 0.15) is 11.9 Å². The quantitative estimate of drug-likeness (QED) is 0.343. The van der Waals surface area contributed by atoms with Crippen molar-refractivity contribution in [1.29, 1.82) is 0 Å². The molecule has 52 valence electrons. The van der Waals surface area contributed by atoms with Gasteiger partial charge in [-0.3, -0.25) is 4.18 Å². The molecule has 0 aliphatic carbocycles. The summed E-state index contributed by atoms with van der Waals surface area (Å²) in [5.41, 5.74) is 0. The van der Waals surface area contributed by atoms with Crippen molar-refractivity contribution in [3.8, 4) is 0 Å². The Balaban J connectivity index is 0. The minimum atomic E-state index is -0.189. The van der Waals surface area contributed by atoms with Gasteiger partial charge in [-0.25, -0.2) is 4.21 Å². The molecule has 0 radical (unpaired) electrons. The van der Waals surface area contributed by atoms with Gasteiger partial charge in [0, 0.05) is 0 Å². The Labute approximate surface area is 72.2 Å². The zero-order valence-corrected chi connectivity index (χ0v) is 5.99. The van der Waals surface area contributed by atoms with Crippen LogP contribution in [0.3, 0.4) is 0 Å². The molecule has 0 heterocycles. The monoisotopic (exact) mass is 144 g/mol. The van der Waals surface area contributed by atoms with Gasteiger partial charge in [-0.05, 0) is 6.42 Å². The number of unbranched alkanes of at least 4 members (excludes halogenated alkanes) is 2. The van der Waals surface area contributed by atoms with Gasteiger partial charge in [0.15, 0.2) is 0 Å². The predicted molar refractivity (Wildman–Crippen MR) is 42.2 cm³/mol. The molecule has 0 unspecified atom stereocenters. The molecular formula is C5H13LiO2S. The van der Waals surface area contributed by atoms with Crippen LogP contribution in [0.2, 0.25) is 0 Å². The summed E-state index contributed by atoms with van der Waals surface area (Å²) in [5, 5.41) is 0. The number of thiol groups is 1. The third kappa shape index (κ3) is 12.0. The molecule has 0 bridgehead atoms. The van der Waals surface area contributed by atoms with Gasteiger partial charge >= 0.3 is 18.9 Å². The van der Waals surface area contributed by atoms with Crippen LogP contribution in [0.1, 0.15) is 26.2 Å². The van der Waals surface area contributed by atoms with E-state index in [1.54, 1.807) is 0 Å². The van der Waals surface area contributed by atoms with Crippen molar-refractivity contribution in [2.45, 2.75) is 26.2 Å². The molecule has 0 aromatic heterocycles. The SMILES string of the molecule is CCCCCO[SH]=O.[LiH]. The van der Waals surface area contributed by atoms with E-state index in [-0.39, 0.29) is 30.8 Å². The molecule has 0 rings (SSSR count). The molecule has 0 atom stereocenters. The van der Waals surface area contributed by atoms with Crippen molar-refractivity contribution in [1.82, 2.24) is 0 Å². The fourth-order valence-corrected chi connectivity index (χ4v) is 0.658. The van der Waals surface area contributed by atoms with Crippen LogP contribution in [0.25, 0.3) is 0 Å². The molecule has 4 heteroatoms. The first kappa shape index (κ1) is 12.4. The summed E-state index contributed by atoms with van der Waals surface area (Å²) in [4.78, 5) is 0. The minimum absolute atomic E-state index is 0. The first-order valence-electron chi connectivity index (χ1n) is 2.86. The van der Waals surface area contributed by atoms with Crippen molar-refractivity contribution in [3.63, 3.8) is 0 Å². The maximum atomic E-state index is 9.64. The molecule has 0 spiro atoms. The summed E-state index contributed by atoms with van der Waals surface area (Å²) in [6, 6.07) is 0. The molecule has 0 fully saturated rings. The Bertz CT molecular complexity index is 60.9. The van der Waals surface area contributed by atoms with Crippen LogP contribution in [-0.4, -0.2) is 29.7 Å². The molecule has 0 aromatic rings. The van der Waals surface area contributed by atoms with Gasteiger partial charge in [0.05, 0.1) is 6.61 Å². The van der Waals surface area contributed by atoms with Crippen molar-refractivity contribution >= 4 is 30.8 Å². The van der Waals surface area contributed by atoms with Crippen LogP contribution in [0, 0.1) is 0 Å². The zero-order chi connectivity index (χ0) is 6.24. The van der Waals surface area contributed by atoms with E-state index in [2.05, 4.69) is 11.1 Å². The van der Waals surface area contributed by atoms with Gasteiger partial charge in [-0.1, -0.05) is 19.8 Å². The van der Waals surface area contributed by atoms with Crippen LogP contribution in [0.5, 0.6) is 0 Å². The number of hydrogen-bond donors (Lipinski definition) is 1. The van der Waals surface area contributed by atoms with E-state index in [0.717, 1.165) is 12.8 Å². The summed E-state index contributed by atoms with van der Waals surface area (Å²) in [6.45, 7) is 2.74. The summed E-state index contributed by atoms with van der Waals surface area (Å²) < 4.78 is 14.2. The first-order chi connectivity index (χ1) is 3.91. The number of hydrogen-bond acceptors (Lipinski definition) is 2. The van der Waals surface area contributed by atoms with Crippen molar-refractivity contribution in [2.24, 2.45) is 0 Å². The second-order valence-corrected chi connectivity index (χ2v) is 2.02. The molecular weight excluding hydrogens is 131 g/mol. The second-order valence-electron chi connectivity index (χ2n) is 1.61. The second kappa shape index (κ2) is 11.5. The standard InChI is InChI=1S/C5H12O2S.Li.H/c1-2-3-4-5-7-8-6;;/h8H,2-5H2,1H3;;. The van der Waals surface area contributed by atoms with E-state index in [0.29, 0.717) is 6.61 Å². The third-order valence-electron chi connectivity index (χ3n) is 0.892. The normalized spacial score (nSPS) is 8.56. The molecule has 0 aromatic carbocycles. The van der Waals surface area contributed by atoms with Gasteiger partial charge in [0.2, 0.25) is 0 Å². The van der Waals surface area contributed by atoms with Gasteiger partial charge < -0.3 is 0 Å². The van der Waals surface area contributed by atoms with Crippen molar-refractivity contribution < 1.29 is 8.39 Å². The Hall–Kier alpha value is 0.707. The Kier molecular flexibility index (Phi) is 15.8. The Morgan fingerprint density at radius 1 is 1.44 bits per heavy atom. The fraction of sp³-hybridized carbons (Fsp3) is 1.00. The maximum absolute atomic E-state index is 9.64. The summed E-state index contributed by atoms with van der Waals surface area (Å²) >= 11 is -0.189. The molecule has 0 saturated carbocycles. The van der Waals surface area contributed by atoms with E-state index in [9.17, 15) is 4.21 Å². The topological polar surface area (TPSA) is 26.3 Å². The first-order valence-corrected chi connectivity index (χ1v) is 3.59. The predicted octanol–water partition coefficient (Wildman–Crippen LogP) is 0.405. The summed E-state index contributed by atoms with van der Waals surface area (Å²) in [6.07, 6.45) is 3.36. The Morgan fingerprint density at radius 2 is 2.11 bits per heavy atom. The van der Waals surface area contributed by atoms with E-state index in [4.69, 9.17) is 0 Å². The summed E-state index contributed by atoms with van der Waals surface area (Å²) in [5.74, 6) is 0. The average molecular weight is 144 g/mol. The van der Waals surface area contributed by atoms with Gasteiger partial charge in [-0.15, -0.1) is 0 Å². The molecule has 9 heavy (non-hydrogen) atoms. The van der Waals surface area contributed by atoms with Crippen LogP contribution < -0.4 is 0 Å². The van der Waals surface area contributed by atoms with Crippen LogP contribution >= 0.6 is 0 Å². The molecule has 0 amide bonds. The van der Waals surface area contributed by atoms with Crippen LogP contribution in [0.4, 0.5) is 0 Å². The van der Waals surface area contributed by atoms with E-state index < -0.39 is 0 Å². The van der Waals surface area contributed by atoms with Gasteiger partial charge in [-0.2, -0.15) is 0 Å². The average Bonchev–Trinajstić information content (AvgIpc) is 1.81. The zero-order valence-electron chi connectivity index (χ0n) is 5.09. The van der Waals surface area contributed by atoms with Crippen LogP contribution in [-0.2, 0) is 16.1 Å². The van der Waals surface area contributed by atoms with Crippen molar-refractivity contribution in [3.05, 3.63) is 0 Å². The van der Waals surface area contributed by atoms with E-state index >= 15 is 0 Å². The van der Waals surface area contributed by atoms with Crippen LogP contribution in [0.15, 0.2) is 0 Å². The molecule has 0 aliphatic rings. The Morgan fingerprint density at radius 3 is 2.56 bits per heavy atom. The molecule has 0 aliphatic heterocycles. The van der Waals surface area contributed by atoms with E-state index in [1.165, 1.54) is 6.42 Å². The van der Waals surface area contributed by atoms with Gasteiger partial charge in [0.25, 0.3) is 0 Å². The number of rotatable bonds is 5. The summed E-state index contributed by atoms with van der Waals surface area (Å²) in [7, 11) is 0.